The summed E-state index contributed by atoms with van der Waals surface area (Å²) >= 11 is 0. The van der Waals surface area contributed by atoms with Gasteiger partial charge in [0, 0.05) is 18.8 Å². The summed E-state index contributed by atoms with van der Waals surface area (Å²) in [6.07, 6.45) is 0. The van der Waals surface area contributed by atoms with Crippen LogP contribution in [0.4, 0.5) is 5.69 Å². The van der Waals surface area contributed by atoms with E-state index in [4.69, 9.17) is 5.26 Å². The molecule has 2 aromatic rings. The summed E-state index contributed by atoms with van der Waals surface area (Å²) in [4.78, 5) is 14.2. The fraction of sp³-hybridized carbons (Fsp3) is 0.333. The molecule has 0 aliphatic carbocycles. The Balaban J connectivity index is 1.60. The van der Waals surface area contributed by atoms with Gasteiger partial charge in [-0.3, -0.25) is 9.69 Å². The third-order valence-electron chi connectivity index (χ3n) is 3.66. The van der Waals surface area contributed by atoms with E-state index in [9.17, 15) is 4.79 Å². The zero-order valence-corrected chi connectivity index (χ0v) is 12.3. The standard InChI is InChI=1S/C15H16N6O/c1-11-18-19-14-9-20(5-6-21(11)14)10-15(22)17-13-4-2-3-12(7-13)8-16/h2-4,7H,5-6,9-10H2,1H3,(H,17,22). The Kier molecular flexibility index (Phi) is 3.85. The van der Waals surface area contributed by atoms with E-state index in [-0.39, 0.29) is 5.91 Å². The van der Waals surface area contributed by atoms with Crippen LogP contribution in [0.3, 0.4) is 0 Å². The quantitative estimate of drug-likeness (QED) is 0.910. The first-order valence-corrected chi connectivity index (χ1v) is 7.07. The molecule has 0 saturated heterocycles. The fourth-order valence-corrected chi connectivity index (χ4v) is 2.56. The summed E-state index contributed by atoms with van der Waals surface area (Å²) in [5.41, 5.74) is 1.17. The summed E-state index contributed by atoms with van der Waals surface area (Å²) in [6, 6.07) is 8.94. The molecule has 1 aromatic carbocycles. The van der Waals surface area contributed by atoms with Crippen LogP contribution in [0.2, 0.25) is 0 Å². The number of aryl methyl sites for hydroxylation is 1. The van der Waals surface area contributed by atoms with Crippen molar-refractivity contribution < 1.29 is 4.79 Å². The molecule has 7 heteroatoms. The smallest absolute Gasteiger partial charge is 0.238 e. The van der Waals surface area contributed by atoms with Crippen LogP contribution >= 0.6 is 0 Å². The first-order chi connectivity index (χ1) is 10.7. The predicted molar refractivity (Wildman–Crippen MR) is 79.8 cm³/mol. The summed E-state index contributed by atoms with van der Waals surface area (Å²) in [7, 11) is 0. The van der Waals surface area contributed by atoms with E-state index in [1.807, 2.05) is 11.8 Å². The number of nitrogens with zero attached hydrogens (tertiary/aromatic N) is 5. The fourth-order valence-electron chi connectivity index (χ4n) is 2.56. The Labute approximate surface area is 128 Å². The molecule has 0 atom stereocenters. The summed E-state index contributed by atoms with van der Waals surface area (Å²) in [5.74, 6) is 1.70. The summed E-state index contributed by atoms with van der Waals surface area (Å²) < 4.78 is 2.07. The highest BCUT2D eigenvalue weighted by atomic mass is 16.2. The molecule has 112 valence electrons. The first kappa shape index (κ1) is 14.2. The second-order valence-corrected chi connectivity index (χ2v) is 5.27. The van der Waals surface area contributed by atoms with Crippen molar-refractivity contribution in [2.24, 2.45) is 0 Å². The average Bonchev–Trinajstić information content (AvgIpc) is 2.88. The van der Waals surface area contributed by atoms with Crippen LogP contribution in [0.25, 0.3) is 0 Å². The third-order valence-corrected chi connectivity index (χ3v) is 3.66. The third kappa shape index (κ3) is 2.97. The van der Waals surface area contributed by atoms with E-state index in [1.165, 1.54) is 0 Å². The molecule has 2 heterocycles. The molecule has 3 rings (SSSR count). The van der Waals surface area contributed by atoms with E-state index >= 15 is 0 Å². The zero-order chi connectivity index (χ0) is 15.5. The largest absolute Gasteiger partial charge is 0.325 e. The number of hydrogen-bond donors (Lipinski definition) is 1. The Morgan fingerprint density at radius 1 is 1.41 bits per heavy atom. The summed E-state index contributed by atoms with van der Waals surface area (Å²) in [6.45, 7) is 4.43. The van der Waals surface area contributed by atoms with Gasteiger partial charge in [0.15, 0.2) is 0 Å². The second-order valence-electron chi connectivity index (χ2n) is 5.27. The molecule has 22 heavy (non-hydrogen) atoms. The van der Waals surface area contributed by atoms with Crippen molar-refractivity contribution in [1.29, 1.82) is 5.26 Å². The number of benzene rings is 1. The van der Waals surface area contributed by atoms with Gasteiger partial charge in [0.1, 0.15) is 11.6 Å². The molecule has 0 fully saturated rings. The maximum atomic E-state index is 12.1. The molecule has 7 nitrogen and oxygen atoms in total. The minimum Gasteiger partial charge on any atom is -0.325 e. The lowest BCUT2D eigenvalue weighted by Crippen LogP contribution is -2.39. The monoisotopic (exact) mass is 296 g/mol. The molecule has 0 spiro atoms. The van der Waals surface area contributed by atoms with Gasteiger partial charge in [-0.1, -0.05) is 6.07 Å². The lowest BCUT2D eigenvalue weighted by Gasteiger charge is -2.26. The van der Waals surface area contributed by atoms with Crippen LogP contribution in [-0.2, 0) is 17.9 Å². The van der Waals surface area contributed by atoms with E-state index in [0.29, 0.717) is 24.3 Å². The second kappa shape index (κ2) is 5.95. The zero-order valence-electron chi connectivity index (χ0n) is 12.3. The molecular weight excluding hydrogens is 280 g/mol. The van der Waals surface area contributed by atoms with Crippen molar-refractivity contribution >= 4 is 11.6 Å². The van der Waals surface area contributed by atoms with E-state index in [1.54, 1.807) is 24.3 Å². The highest BCUT2D eigenvalue weighted by Gasteiger charge is 2.21. The van der Waals surface area contributed by atoms with Gasteiger partial charge in [-0.2, -0.15) is 5.26 Å². The molecule has 0 saturated carbocycles. The topological polar surface area (TPSA) is 86.8 Å². The molecule has 1 aromatic heterocycles. The van der Waals surface area contributed by atoms with Crippen molar-refractivity contribution in [2.45, 2.75) is 20.0 Å². The molecule has 0 unspecified atom stereocenters. The predicted octanol–water partition coefficient (Wildman–Crippen LogP) is 0.912. The average molecular weight is 296 g/mol. The maximum Gasteiger partial charge on any atom is 0.238 e. The number of amides is 1. The van der Waals surface area contributed by atoms with Crippen molar-refractivity contribution in [3.05, 3.63) is 41.5 Å². The van der Waals surface area contributed by atoms with Crippen LogP contribution in [0.1, 0.15) is 17.2 Å². The molecule has 1 aliphatic rings. The van der Waals surface area contributed by atoms with Crippen LogP contribution < -0.4 is 5.32 Å². The minimum absolute atomic E-state index is 0.0974. The highest BCUT2D eigenvalue weighted by Crippen LogP contribution is 2.13. The number of carbonyl (C=O) groups is 1. The van der Waals surface area contributed by atoms with Gasteiger partial charge < -0.3 is 9.88 Å². The molecule has 1 N–H and O–H groups in total. The summed E-state index contributed by atoms with van der Waals surface area (Å²) in [5, 5.41) is 19.9. The molecular formula is C15H16N6O. The lowest BCUT2D eigenvalue weighted by atomic mass is 10.2. The maximum absolute atomic E-state index is 12.1. The number of anilines is 1. The molecule has 0 bridgehead atoms. The Morgan fingerprint density at radius 2 is 2.27 bits per heavy atom. The normalized spacial score (nSPS) is 14.2. The van der Waals surface area contributed by atoms with Crippen LogP contribution in [-0.4, -0.2) is 38.7 Å². The lowest BCUT2D eigenvalue weighted by molar-refractivity contribution is -0.117. The van der Waals surface area contributed by atoms with Crippen molar-refractivity contribution in [3.8, 4) is 6.07 Å². The van der Waals surface area contributed by atoms with Crippen LogP contribution in [0, 0.1) is 18.3 Å². The van der Waals surface area contributed by atoms with Gasteiger partial charge in [0.05, 0.1) is 24.7 Å². The number of nitrogens with one attached hydrogen (secondary N) is 1. The molecule has 0 radical (unpaired) electrons. The highest BCUT2D eigenvalue weighted by molar-refractivity contribution is 5.92. The number of rotatable bonds is 3. The number of aromatic nitrogens is 3. The van der Waals surface area contributed by atoms with Crippen LogP contribution in [0.15, 0.2) is 24.3 Å². The number of hydrogen-bond acceptors (Lipinski definition) is 5. The van der Waals surface area contributed by atoms with Gasteiger partial charge >= 0.3 is 0 Å². The van der Waals surface area contributed by atoms with Gasteiger partial charge in [-0.15, -0.1) is 10.2 Å². The van der Waals surface area contributed by atoms with Crippen LogP contribution in [0.5, 0.6) is 0 Å². The van der Waals surface area contributed by atoms with Gasteiger partial charge in [0.25, 0.3) is 0 Å². The minimum atomic E-state index is -0.0974. The van der Waals surface area contributed by atoms with E-state index < -0.39 is 0 Å². The van der Waals surface area contributed by atoms with Gasteiger partial charge in [-0.05, 0) is 25.1 Å². The Hall–Kier alpha value is -2.72. The van der Waals surface area contributed by atoms with Crippen molar-refractivity contribution in [1.82, 2.24) is 19.7 Å². The van der Waals surface area contributed by atoms with Crippen molar-refractivity contribution in [2.75, 3.05) is 18.4 Å². The van der Waals surface area contributed by atoms with E-state index in [0.717, 1.165) is 24.7 Å². The Bertz CT molecular complexity index is 745. The van der Waals surface area contributed by atoms with Crippen molar-refractivity contribution in [3.63, 3.8) is 0 Å². The first-order valence-electron chi connectivity index (χ1n) is 7.07. The molecule has 1 aliphatic heterocycles. The molecule has 1 amide bonds. The van der Waals surface area contributed by atoms with Gasteiger partial charge in [0.2, 0.25) is 5.91 Å². The number of nitriles is 1. The number of fused-ring (bicyclic) bond motifs is 1. The number of carbonyl (C=O) groups excluding carboxylic acids is 1. The van der Waals surface area contributed by atoms with E-state index in [2.05, 4.69) is 26.2 Å². The SMILES string of the molecule is Cc1nnc2n1CCN(CC(=O)Nc1cccc(C#N)c1)C2. The Morgan fingerprint density at radius 3 is 3.09 bits per heavy atom. The van der Waals surface area contributed by atoms with Gasteiger partial charge in [-0.25, -0.2) is 0 Å².